The van der Waals surface area contributed by atoms with E-state index in [0.29, 0.717) is 5.69 Å². The zero-order valence-electron chi connectivity index (χ0n) is 15.9. The molecule has 0 spiro atoms. The highest BCUT2D eigenvalue weighted by Crippen LogP contribution is 2.28. The summed E-state index contributed by atoms with van der Waals surface area (Å²) in [6.07, 6.45) is -1.35. The fraction of sp³-hybridized carbons (Fsp3) is 0.526. The van der Waals surface area contributed by atoms with E-state index in [2.05, 4.69) is 26.6 Å². The highest BCUT2D eigenvalue weighted by molar-refractivity contribution is 9.10. The van der Waals surface area contributed by atoms with Crippen LogP contribution >= 0.6 is 15.9 Å². The summed E-state index contributed by atoms with van der Waals surface area (Å²) in [4.78, 5) is 38.5. The van der Waals surface area contributed by atoms with Crippen LogP contribution in [0.25, 0.3) is 0 Å². The molecule has 6 nitrogen and oxygen atoms in total. The normalized spacial score (nSPS) is 20.9. The van der Waals surface area contributed by atoms with Gasteiger partial charge in [-0.2, -0.15) is 0 Å². The van der Waals surface area contributed by atoms with Crippen molar-refractivity contribution >= 4 is 39.3 Å². The smallest absolute Gasteiger partial charge is 0.247 e. The van der Waals surface area contributed by atoms with Gasteiger partial charge >= 0.3 is 0 Å². The molecule has 0 unspecified atom stereocenters. The van der Waals surface area contributed by atoms with Crippen LogP contribution in [0.1, 0.15) is 34.1 Å². The maximum atomic E-state index is 14.1. The van der Waals surface area contributed by atoms with Crippen molar-refractivity contribution < 1.29 is 18.8 Å². The summed E-state index contributed by atoms with van der Waals surface area (Å²) in [6, 6.07) is 5.21. The summed E-state index contributed by atoms with van der Waals surface area (Å²) in [5, 5.41) is 5.36. The average Bonchev–Trinajstić information content (AvgIpc) is 2.95. The number of carbonyl (C=O) groups excluding carboxylic acids is 3. The molecule has 1 saturated heterocycles. The second-order valence-electron chi connectivity index (χ2n) is 7.84. The van der Waals surface area contributed by atoms with E-state index in [4.69, 9.17) is 0 Å². The van der Waals surface area contributed by atoms with E-state index in [-0.39, 0.29) is 18.9 Å². The number of alkyl halides is 1. The molecule has 2 N–H and O–H groups in total. The van der Waals surface area contributed by atoms with Crippen molar-refractivity contribution in [2.24, 2.45) is 5.41 Å². The number of halogens is 2. The zero-order valence-corrected chi connectivity index (χ0v) is 17.5. The molecule has 1 heterocycles. The fourth-order valence-corrected chi connectivity index (χ4v) is 3.32. The number of benzene rings is 1. The number of nitrogens with one attached hydrogen (secondary N) is 2. The summed E-state index contributed by atoms with van der Waals surface area (Å²) in [5.41, 5.74) is -0.0173. The van der Waals surface area contributed by atoms with E-state index < -0.39 is 35.5 Å². The van der Waals surface area contributed by atoms with Crippen molar-refractivity contribution in [2.45, 2.75) is 52.4 Å². The maximum absolute atomic E-state index is 14.1. The Hall–Kier alpha value is -1.96. The molecular formula is C19H25BrFN3O3. The quantitative estimate of drug-likeness (QED) is 0.753. The lowest BCUT2D eigenvalue weighted by molar-refractivity contribution is -0.142. The van der Waals surface area contributed by atoms with Crippen molar-refractivity contribution in [1.29, 1.82) is 0 Å². The van der Waals surface area contributed by atoms with E-state index in [0.717, 1.165) is 4.47 Å². The van der Waals surface area contributed by atoms with Crippen LogP contribution in [0.3, 0.4) is 0 Å². The summed E-state index contributed by atoms with van der Waals surface area (Å²) >= 11 is 3.32. The summed E-state index contributed by atoms with van der Waals surface area (Å²) in [7, 11) is 0. The molecular weight excluding hydrogens is 417 g/mol. The second-order valence-corrected chi connectivity index (χ2v) is 8.75. The van der Waals surface area contributed by atoms with Gasteiger partial charge in [-0.3, -0.25) is 14.4 Å². The molecule has 3 amide bonds. The fourth-order valence-electron chi connectivity index (χ4n) is 3.05. The van der Waals surface area contributed by atoms with Crippen LogP contribution in [0.4, 0.5) is 10.1 Å². The molecule has 0 aliphatic carbocycles. The van der Waals surface area contributed by atoms with Gasteiger partial charge in [0, 0.05) is 23.5 Å². The largest absolute Gasteiger partial charge is 0.344 e. The molecule has 0 saturated carbocycles. The van der Waals surface area contributed by atoms with Crippen LogP contribution < -0.4 is 10.6 Å². The van der Waals surface area contributed by atoms with E-state index in [1.165, 1.54) is 11.8 Å². The molecule has 0 radical (unpaired) electrons. The van der Waals surface area contributed by atoms with E-state index in [9.17, 15) is 18.8 Å². The van der Waals surface area contributed by atoms with Gasteiger partial charge < -0.3 is 15.5 Å². The number of rotatable bonds is 4. The Balaban J connectivity index is 2.20. The minimum Gasteiger partial charge on any atom is -0.344 e. The van der Waals surface area contributed by atoms with Crippen LogP contribution in [0.15, 0.2) is 28.7 Å². The monoisotopic (exact) mass is 441 g/mol. The Kier molecular flexibility index (Phi) is 6.62. The highest BCUT2D eigenvalue weighted by Gasteiger charge is 2.44. The number of hydrogen-bond donors (Lipinski definition) is 2. The third kappa shape index (κ3) is 5.51. The molecule has 1 aromatic carbocycles. The van der Waals surface area contributed by atoms with Gasteiger partial charge in [0.1, 0.15) is 18.3 Å². The van der Waals surface area contributed by atoms with Gasteiger partial charge in [0.15, 0.2) is 0 Å². The third-order valence-electron chi connectivity index (χ3n) is 4.41. The van der Waals surface area contributed by atoms with Gasteiger partial charge in [-0.1, -0.05) is 36.7 Å². The van der Waals surface area contributed by atoms with E-state index in [1.807, 2.05) is 20.8 Å². The van der Waals surface area contributed by atoms with E-state index >= 15 is 0 Å². The Labute approximate surface area is 167 Å². The Bertz CT molecular complexity index is 718. The Morgan fingerprint density at radius 3 is 2.33 bits per heavy atom. The lowest BCUT2D eigenvalue weighted by atomic mass is 9.85. The number of nitrogens with zero attached hydrogens (tertiary/aromatic N) is 1. The molecule has 2 rings (SSSR count). The van der Waals surface area contributed by atoms with Gasteiger partial charge in [-0.25, -0.2) is 4.39 Å². The first-order valence-corrected chi connectivity index (χ1v) is 9.56. The minimum atomic E-state index is -1.28. The topological polar surface area (TPSA) is 78.5 Å². The molecule has 1 aliphatic rings. The maximum Gasteiger partial charge on any atom is 0.247 e. The van der Waals surface area contributed by atoms with Crippen molar-refractivity contribution in [1.82, 2.24) is 10.2 Å². The zero-order chi connectivity index (χ0) is 20.4. The number of amides is 3. The highest BCUT2D eigenvalue weighted by atomic mass is 79.9. The minimum absolute atomic E-state index is 0.0644. The SMILES string of the molecule is CC(=O)N[C@H](C(=O)N1C[C@H](F)C[C@H]1C(=O)Nc1ccc(Br)cc1)C(C)(C)C. The second kappa shape index (κ2) is 8.37. The lowest BCUT2D eigenvalue weighted by Gasteiger charge is -2.35. The van der Waals surface area contributed by atoms with Crippen LogP contribution in [0.2, 0.25) is 0 Å². The van der Waals surface area contributed by atoms with Crippen LogP contribution in [-0.4, -0.2) is 47.4 Å². The number of carbonyl (C=O) groups is 3. The lowest BCUT2D eigenvalue weighted by Crippen LogP contribution is -2.56. The summed E-state index contributed by atoms with van der Waals surface area (Å²) in [6.45, 7) is 6.59. The molecule has 148 valence electrons. The van der Waals surface area contributed by atoms with Gasteiger partial charge in [0.25, 0.3) is 0 Å². The van der Waals surface area contributed by atoms with Crippen molar-refractivity contribution in [3.63, 3.8) is 0 Å². The third-order valence-corrected chi connectivity index (χ3v) is 4.94. The van der Waals surface area contributed by atoms with Crippen LogP contribution in [0.5, 0.6) is 0 Å². The van der Waals surface area contributed by atoms with Crippen LogP contribution in [-0.2, 0) is 14.4 Å². The van der Waals surface area contributed by atoms with Gasteiger partial charge in [-0.15, -0.1) is 0 Å². The molecule has 1 aromatic rings. The molecule has 1 aliphatic heterocycles. The number of hydrogen-bond acceptors (Lipinski definition) is 3. The average molecular weight is 442 g/mol. The standard InChI is InChI=1S/C19H25BrFN3O3/c1-11(25)22-16(19(2,3)4)18(27)24-10-13(21)9-15(24)17(26)23-14-7-5-12(20)6-8-14/h5-8,13,15-16H,9-10H2,1-4H3,(H,22,25)(H,23,26)/t13-,15+,16-/m1/s1. The van der Waals surface area contributed by atoms with Crippen molar-refractivity contribution in [3.05, 3.63) is 28.7 Å². The molecule has 0 bridgehead atoms. The number of anilines is 1. The predicted molar refractivity (Wildman–Crippen MR) is 105 cm³/mol. The first-order valence-electron chi connectivity index (χ1n) is 8.77. The summed E-state index contributed by atoms with van der Waals surface area (Å²) < 4.78 is 15.0. The van der Waals surface area contributed by atoms with Gasteiger partial charge in [0.05, 0.1) is 6.54 Å². The van der Waals surface area contributed by atoms with Gasteiger partial charge in [-0.05, 0) is 29.7 Å². The van der Waals surface area contributed by atoms with Gasteiger partial charge in [0.2, 0.25) is 17.7 Å². The summed E-state index contributed by atoms with van der Waals surface area (Å²) in [5.74, 6) is -1.25. The van der Waals surface area contributed by atoms with Crippen molar-refractivity contribution in [2.75, 3.05) is 11.9 Å². The Morgan fingerprint density at radius 1 is 1.22 bits per heavy atom. The molecule has 1 fully saturated rings. The number of likely N-dealkylation sites (tertiary alicyclic amines) is 1. The first kappa shape index (κ1) is 21.3. The first-order chi connectivity index (χ1) is 12.5. The Morgan fingerprint density at radius 2 is 1.81 bits per heavy atom. The molecule has 8 heteroatoms. The molecule has 3 atom stereocenters. The van der Waals surface area contributed by atoms with E-state index in [1.54, 1.807) is 24.3 Å². The molecule has 0 aromatic heterocycles. The van der Waals surface area contributed by atoms with Crippen molar-refractivity contribution in [3.8, 4) is 0 Å². The predicted octanol–water partition coefficient (Wildman–Crippen LogP) is 2.88. The molecule has 27 heavy (non-hydrogen) atoms. The van der Waals surface area contributed by atoms with Crippen LogP contribution in [0, 0.1) is 5.41 Å².